The van der Waals surface area contributed by atoms with E-state index in [-0.39, 0.29) is 5.82 Å². The van der Waals surface area contributed by atoms with Gasteiger partial charge in [-0.05, 0) is 47.4 Å². The molecular formula is C10H13BrFNO. The second-order valence-corrected chi connectivity index (χ2v) is 3.79. The molecule has 0 saturated carbocycles. The van der Waals surface area contributed by atoms with Crippen molar-refractivity contribution in [3.63, 3.8) is 0 Å². The predicted octanol–water partition coefficient (Wildman–Crippen LogP) is 2.49. The molecule has 1 rings (SSSR count). The molecular weight excluding hydrogens is 249 g/mol. The topological polar surface area (TPSA) is 35.2 Å². The Kier molecular flexibility index (Phi) is 4.35. The van der Waals surface area contributed by atoms with E-state index in [0.717, 1.165) is 10.9 Å². The Balaban J connectivity index is 3.03. The van der Waals surface area contributed by atoms with E-state index in [9.17, 15) is 4.39 Å². The molecule has 78 valence electrons. The van der Waals surface area contributed by atoms with Crippen LogP contribution in [0.5, 0.6) is 5.75 Å². The molecule has 14 heavy (non-hydrogen) atoms. The molecule has 0 aromatic heterocycles. The van der Waals surface area contributed by atoms with Gasteiger partial charge in [-0.15, -0.1) is 0 Å². The van der Waals surface area contributed by atoms with Crippen LogP contribution in [0.2, 0.25) is 0 Å². The number of nitrogens with two attached hydrogens (primary N) is 1. The van der Waals surface area contributed by atoms with E-state index in [4.69, 9.17) is 10.5 Å². The first-order valence-corrected chi connectivity index (χ1v) is 5.21. The van der Waals surface area contributed by atoms with Crippen LogP contribution in [0.1, 0.15) is 12.0 Å². The zero-order chi connectivity index (χ0) is 10.6. The Hall–Kier alpha value is -0.610. The van der Waals surface area contributed by atoms with Gasteiger partial charge in [-0.2, -0.15) is 0 Å². The first kappa shape index (κ1) is 11.5. The van der Waals surface area contributed by atoms with Gasteiger partial charge < -0.3 is 10.5 Å². The molecule has 0 aliphatic rings. The van der Waals surface area contributed by atoms with Crippen LogP contribution < -0.4 is 10.5 Å². The van der Waals surface area contributed by atoms with Crippen LogP contribution in [0.4, 0.5) is 4.39 Å². The number of rotatable bonds is 4. The van der Waals surface area contributed by atoms with Gasteiger partial charge in [0.05, 0.1) is 11.6 Å². The highest BCUT2D eigenvalue weighted by Crippen LogP contribution is 2.31. The van der Waals surface area contributed by atoms with Crippen molar-refractivity contribution in [2.45, 2.75) is 12.8 Å². The van der Waals surface area contributed by atoms with E-state index in [1.807, 2.05) is 0 Å². The maximum absolute atomic E-state index is 13.4. The summed E-state index contributed by atoms with van der Waals surface area (Å²) in [6.45, 7) is 0.551. The van der Waals surface area contributed by atoms with Gasteiger partial charge in [0, 0.05) is 5.56 Å². The smallest absolute Gasteiger partial charge is 0.139 e. The lowest BCUT2D eigenvalue weighted by Crippen LogP contribution is -2.03. The van der Waals surface area contributed by atoms with Crippen LogP contribution in [0.25, 0.3) is 0 Å². The normalized spacial score (nSPS) is 10.3. The number of methoxy groups -OCH3 is 1. The molecule has 2 nitrogen and oxygen atoms in total. The molecule has 1 aromatic carbocycles. The summed E-state index contributed by atoms with van der Waals surface area (Å²) < 4.78 is 19.3. The Bertz CT molecular complexity index is 317. The van der Waals surface area contributed by atoms with Gasteiger partial charge in [0.2, 0.25) is 0 Å². The fourth-order valence-corrected chi connectivity index (χ4v) is 1.84. The largest absolute Gasteiger partial charge is 0.495 e. The molecule has 2 N–H and O–H groups in total. The summed E-state index contributed by atoms with van der Waals surface area (Å²) in [5.74, 6) is 0.331. The lowest BCUT2D eigenvalue weighted by molar-refractivity contribution is 0.401. The standard InChI is InChI=1S/C10H13BrFNO/c1-14-10-7(3-2-6-13)9(12)5-4-8(10)11/h4-5H,2-3,6,13H2,1H3. The highest BCUT2D eigenvalue weighted by Gasteiger charge is 2.11. The molecule has 4 heteroatoms. The lowest BCUT2D eigenvalue weighted by atomic mass is 10.1. The van der Waals surface area contributed by atoms with Gasteiger partial charge >= 0.3 is 0 Å². The molecule has 0 unspecified atom stereocenters. The van der Waals surface area contributed by atoms with Gasteiger partial charge in [0.1, 0.15) is 11.6 Å². The van der Waals surface area contributed by atoms with Crippen LogP contribution in [0.15, 0.2) is 16.6 Å². The van der Waals surface area contributed by atoms with Crippen molar-refractivity contribution >= 4 is 15.9 Å². The molecule has 0 radical (unpaired) electrons. The second kappa shape index (κ2) is 5.32. The van der Waals surface area contributed by atoms with Gasteiger partial charge in [0.25, 0.3) is 0 Å². The Morgan fingerprint density at radius 1 is 1.50 bits per heavy atom. The SMILES string of the molecule is COc1c(Br)ccc(F)c1CCCN. The fraction of sp³-hybridized carbons (Fsp3) is 0.400. The minimum atomic E-state index is -0.237. The summed E-state index contributed by atoms with van der Waals surface area (Å²) in [6, 6.07) is 3.07. The quantitative estimate of drug-likeness (QED) is 0.904. The first-order chi connectivity index (χ1) is 6.70. The van der Waals surface area contributed by atoms with Crippen molar-refractivity contribution in [1.82, 2.24) is 0 Å². The van der Waals surface area contributed by atoms with E-state index in [1.165, 1.54) is 13.2 Å². The molecule has 0 bridgehead atoms. The zero-order valence-electron chi connectivity index (χ0n) is 8.02. The number of hydrogen-bond acceptors (Lipinski definition) is 2. The maximum atomic E-state index is 13.4. The van der Waals surface area contributed by atoms with Gasteiger partial charge in [-0.25, -0.2) is 4.39 Å². The minimum absolute atomic E-state index is 0.237. The van der Waals surface area contributed by atoms with Crippen LogP contribution in [-0.2, 0) is 6.42 Å². The molecule has 1 aromatic rings. The molecule has 0 saturated heterocycles. The fourth-order valence-electron chi connectivity index (χ4n) is 1.31. The van der Waals surface area contributed by atoms with Crippen molar-refractivity contribution in [3.8, 4) is 5.75 Å². The lowest BCUT2D eigenvalue weighted by Gasteiger charge is -2.10. The summed E-state index contributed by atoms with van der Waals surface area (Å²) >= 11 is 3.31. The van der Waals surface area contributed by atoms with Crippen LogP contribution in [-0.4, -0.2) is 13.7 Å². The first-order valence-electron chi connectivity index (χ1n) is 4.41. The van der Waals surface area contributed by atoms with Crippen molar-refractivity contribution < 1.29 is 9.13 Å². The summed E-state index contributed by atoms with van der Waals surface area (Å²) in [5.41, 5.74) is 5.97. The Labute approximate surface area is 91.4 Å². The van der Waals surface area contributed by atoms with Crippen molar-refractivity contribution in [1.29, 1.82) is 0 Å². The molecule has 0 spiro atoms. The molecule has 0 amide bonds. The average molecular weight is 262 g/mol. The van der Waals surface area contributed by atoms with Crippen molar-refractivity contribution in [3.05, 3.63) is 28.0 Å². The van der Waals surface area contributed by atoms with Crippen LogP contribution >= 0.6 is 15.9 Å². The maximum Gasteiger partial charge on any atom is 0.139 e. The van der Waals surface area contributed by atoms with E-state index < -0.39 is 0 Å². The third-order valence-corrected chi connectivity index (χ3v) is 2.61. The van der Waals surface area contributed by atoms with E-state index in [1.54, 1.807) is 6.07 Å². The Morgan fingerprint density at radius 3 is 2.79 bits per heavy atom. The highest BCUT2D eigenvalue weighted by atomic mass is 79.9. The summed E-state index contributed by atoms with van der Waals surface area (Å²) in [4.78, 5) is 0. The second-order valence-electron chi connectivity index (χ2n) is 2.93. The van der Waals surface area contributed by atoms with Crippen LogP contribution in [0.3, 0.4) is 0 Å². The molecule has 0 heterocycles. The molecule has 0 aliphatic carbocycles. The average Bonchev–Trinajstić information content (AvgIpc) is 2.19. The van der Waals surface area contributed by atoms with E-state index >= 15 is 0 Å². The number of ether oxygens (including phenoxy) is 1. The highest BCUT2D eigenvalue weighted by molar-refractivity contribution is 9.10. The summed E-state index contributed by atoms with van der Waals surface area (Å²) in [6.07, 6.45) is 1.36. The zero-order valence-corrected chi connectivity index (χ0v) is 9.60. The van der Waals surface area contributed by atoms with E-state index in [2.05, 4.69) is 15.9 Å². The number of halogens is 2. The molecule has 0 aliphatic heterocycles. The minimum Gasteiger partial charge on any atom is -0.495 e. The number of hydrogen-bond donors (Lipinski definition) is 1. The predicted molar refractivity (Wildman–Crippen MR) is 58.0 cm³/mol. The summed E-state index contributed by atoms with van der Waals surface area (Å²) in [5, 5.41) is 0. The van der Waals surface area contributed by atoms with Crippen molar-refractivity contribution in [2.24, 2.45) is 5.73 Å². The van der Waals surface area contributed by atoms with Gasteiger partial charge in [-0.3, -0.25) is 0 Å². The molecule has 0 atom stereocenters. The van der Waals surface area contributed by atoms with Crippen molar-refractivity contribution in [2.75, 3.05) is 13.7 Å². The summed E-state index contributed by atoms with van der Waals surface area (Å²) in [7, 11) is 1.53. The number of benzene rings is 1. The van der Waals surface area contributed by atoms with E-state index in [0.29, 0.717) is 24.3 Å². The van der Waals surface area contributed by atoms with Gasteiger partial charge in [-0.1, -0.05) is 0 Å². The third kappa shape index (κ3) is 2.45. The monoisotopic (exact) mass is 261 g/mol. The van der Waals surface area contributed by atoms with Crippen LogP contribution in [0, 0.1) is 5.82 Å². The van der Waals surface area contributed by atoms with Gasteiger partial charge in [0.15, 0.2) is 0 Å². The third-order valence-electron chi connectivity index (χ3n) is 1.99. The Morgan fingerprint density at radius 2 is 2.21 bits per heavy atom. The molecule has 0 fully saturated rings.